The van der Waals surface area contributed by atoms with Crippen LogP contribution in [0.5, 0.6) is 0 Å². The van der Waals surface area contributed by atoms with Gasteiger partial charge in [0.2, 0.25) is 5.78 Å². The molecular formula is C17H22O. The van der Waals surface area contributed by atoms with Crippen molar-refractivity contribution in [1.29, 1.82) is 0 Å². The van der Waals surface area contributed by atoms with Gasteiger partial charge in [-0.1, -0.05) is 31.4 Å². The molecule has 0 saturated carbocycles. The summed E-state index contributed by atoms with van der Waals surface area (Å²) in [4.78, 5) is 11.3. The number of hydrogen-bond acceptors (Lipinski definition) is 1. The van der Waals surface area contributed by atoms with Crippen molar-refractivity contribution in [1.82, 2.24) is 0 Å². The van der Waals surface area contributed by atoms with Crippen molar-refractivity contribution >= 4 is 5.78 Å². The summed E-state index contributed by atoms with van der Waals surface area (Å²) >= 11 is 0. The molecule has 0 rings (SSSR count). The molecule has 0 aromatic heterocycles. The van der Waals surface area contributed by atoms with Crippen molar-refractivity contribution in [3.8, 4) is 23.7 Å². The molecule has 0 heterocycles. The van der Waals surface area contributed by atoms with Crippen molar-refractivity contribution < 1.29 is 4.79 Å². The molecule has 0 bridgehead atoms. The highest BCUT2D eigenvalue weighted by atomic mass is 16.1. The van der Waals surface area contributed by atoms with Crippen molar-refractivity contribution in [2.75, 3.05) is 0 Å². The number of carbonyl (C=O) groups is 1. The van der Waals surface area contributed by atoms with Gasteiger partial charge in [-0.05, 0) is 55.9 Å². The first-order chi connectivity index (χ1) is 8.81. The zero-order valence-corrected chi connectivity index (χ0v) is 11.3. The lowest BCUT2D eigenvalue weighted by Crippen LogP contribution is -1.85. The van der Waals surface area contributed by atoms with E-state index in [0.29, 0.717) is 0 Å². The molecule has 0 saturated heterocycles. The Morgan fingerprint density at radius 2 is 1.94 bits per heavy atom. The van der Waals surface area contributed by atoms with Gasteiger partial charge in [0.25, 0.3) is 0 Å². The van der Waals surface area contributed by atoms with Crippen LogP contribution < -0.4 is 0 Å². The second-order valence-corrected chi connectivity index (χ2v) is 4.00. The molecular weight excluding hydrogens is 220 g/mol. The van der Waals surface area contributed by atoms with E-state index in [9.17, 15) is 4.79 Å². The number of allylic oxidation sites excluding steroid dienone is 3. The third kappa shape index (κ3) is 12.3. The van der Waals surface area contributed by atoms with E-state index < -0.39 is 0 Å². The third-order valence-electron chi connectivity index (χ3n) is 2.26. The maximum absolute atomic E-state index is 11.3. The van der Waals surface area contributed by atoms with Gasteiger partial charge in [0, 0.05) is 6.42 Å². The van der Waals surface area contributed by atoms with Gasteiger partial charge in [-0.25, -0.2) is 0 Å². The topological polar surface area (TPSA) is 17.1 Å². The van der Waals surface area contributed by atoms with Gasteiger partial charge in [0.05, 0.1) is 0 Å². The van der Waals surface area contributed by atoms with Gasteiger partial charge in [-0.2, -0.15) is 0 Å². The van der Waals surface area contributed by atoms with E-state index in [1.54, 1.807) is 6.08 Å². The lowest BCUT2D eigenvalue weighted by molar-refractivity contribution is -0.109. The molecule has 0 amide bonds. The van der Waals surface area contributed by atoms with E-state index in [0.717, 1.165) is 32.1 Å². The lowest BCUT2D eigenvalue weighted by Gasteiger charge is -1.93. The largest absolute Gasteiger partial charge is 0.280 e. The van der Waals surface area contributed by atoms with Crippen LogP contribution in [-0.2, 0) is 4.79 Å². The normalized spacial score (nSPS) is 9.17. The summed E-state index contributed by atoms with van der Waals surface area (Å²) in [5.41, 5.74) is 0. The zero-order chi connectivity index (χ0) is 13.5. The molecule has 0 aliphatic carbocycles. The second kappa shape index (κ2) is 13.3. The summed E-state index contributed by atoms with van der Waals surface area (Å²) in [6, 6.07) is 0. The SMILES string of the molecule is C=CCCCCCC=CC(=O)C#CC#CCCC. The number of ketones is 1. The van der Waals surface area contributed by atoms with E-state index >= 15 is 0 Å². The summed E-state index contributed by atoms with van der Waals surface area (Å²) < 4.78 is 0. The highest BCUT2D eigenvalue weighted by Crippen LogP contribution is 2.03. The predicted octanol–water partition coefficient (Wildman–Crippen LogP) is 4.06. The molecule has 0 atom stereocenters. The molecule has 1 nitrogen and oxygen atoms in total. The van der Waals surface area contributed by atoms with Gasteiger partial charge in [-0.3, -0.25) is 4.79 Å². The molecule has 1 heteroatoms. The van der Waals surface area contributed by atoms with Crippen LogP contribution in [0.3, 0.4) is 0 Å². The van der Waals surface area contributed by atoms with E-state index in [1.807, 2.05) is 12.2 Å². The first kappa shape index (κ1) is 16.3. The maximum atomic E-state index is 11.3. The number of hydrogen-bond donors (Lipinski definition) is 0. The minimum Gasteiger partial charge on any atom is -0.280 e. The summed E-state index contributed by atoms with van der Waals surface area (Å²) in [7, 11) is 0. The molecule has 18 heavy (non-hydrogen) atoms. The van der Waals surface area contributed by atoms with Gasteiger partial charge in [-0.15, -0.1) is 6.58 Å². The smallest absolute Gasteiger partial charge is 0.229 e. The van der Waals surface area contributed by atoms with E-state index in [-0.39, 0.29) is 5.78 Å². The molecule has 0 N–H and O–H groups in total. The molecule has 0 spiro atoms. The predicted molar refractivity (Wildman–Crippen MR) is 77.9 cm³/mol. The van der Waals surface area contributed by atoms with Gasteiger partial charge < -0.3 is 0 Å². The van der Waals surface area contributed by atoms with Crippen LogP contribution in [0.25, 0.3) is 0 Å². The van der Waals surface area contributed by atoms with Crippen LogP contribution in [0.15, 0.2) is 24.8 Å². The van der Waals surface area contributed by atoms with E-state index in [1.165, 1.54) is 12.8 Å². The Kier molecular flexibility index (Phi) is 12.1. The maximum Gasteiger partial charge on any atom is 0.229 e. The average Bonchev–Trinajstić information content (AvgIpc) is 2.37. The Morgan fingerprint density at radius 1 is 1.17 bits per heavy atom. The van der Waals surface area contributed by atoms with Crippen LogP contribution in [0, 0.1) is 23.7 Å². The monoisotopic (exact) mass is 242 g/mol. The third-order valence-corrected chi connectivity index (χ3v) is 2.26. The fourth-order valence-electron chi connectivity index (χ4n) is 1.28. The molecule has 0 aliphatic rings. The Bertz CT molecular complexity index is 379. The lowest BCUT2D eigenvalue weighted by atomic mass is 10.1. The average molecular weight is 242 g/mol. The van der Waals surface area contributed by atoms with E-state index in [2.05, 4.69) is 37.2 Å². The van der Waals surface area contributed by atoms with Crippen LogP contribution in [0.2, 0.25) is 0 Å². The van der Waals surface area contributed by atoms with Crippen LogP contribution in [-0.4, -0.2) is 5.78 Å². The quantitative estimate of drug-likeness (QED) is 0.206. The minimum absolute atomic E-state index is 0.160. The first-order valence-corrected chi connectivity index (χ1v) is 6.61. The highest BCUT2D eigenvalue weighted by Gasteiger charge is 1.88. The summed E-state index contributed by atoms with van der Waals surface area (Å²) in [5, 5.41) is 0. The molecule has 0 unspecified atom stereocenters. The Hall–Kier alpha value is -1.73. The molecule has 0 aromatic rings. The van der Waals surface area contributed by atoms with Crippen molar-refractivity contribution in [2.24, 2.45) is 0 Å². The molecule has 0 radical (unpaired) electrons. The van der Waals surface area contributed by atoms with Gasteiger partial charge in [0.1, 0.15) is 0 Å². The summed E-state index contributed by atoms with van der Waals surface area (Å²) in [6.45, 7) is 5.74. The van der Waals surface area contributed by atoms with Crippen LogP contribution >= 0.6 is 0 Å². The zero-order valence-electron chi connectivity index (χ0n) is 11.3. The number of carbonyl (C=O) groups excluding carboxylic acids is 1. The minimum atomic E-state index is -0.160. The fraction of sp³-hybridized carbons (Fsp3) is 0.471. The summed E-state index contributed by atoms with van der Waals surface area (Å²) in [5.74, 6) is 10.4. The molecule has 96 valence electrons. The van der Waals surface area contributed by atoms with Gasteiger partial charge >= 0.3 is 0 Å². The van der Waals surface area contributed by atoms with Crippen LogP contribution in [0.4, 0.5) is 0 Å². The number of unbranched alkanes of at least 4 members (excludes halogenated alkanes) is 5. The fourth-order valence-corrected chi connectivity index (χ4v) is 1.28. The second-order valence-electron chi connectivity index (χ2n) is 4.00. The standard InChI is InChI=1S/C17H22O/c1-3-5-7-9-10-12-14-16-17(18)15-13-11-8-6-4-2/h3,14,16H,1,4-7,9-10,12H2,2H3. The van der Waals surface area contributed by atoms with E-state index in [4.69, 9.17) is 0 Å². The molecule has 0 aromatic carbocycles. The molecule has 0 fully saturated rings. The number of rotatable bonds is 8. The summed E-state index contributed by atoms with van der Waals surface area (Å²) in [6.07, 6.45) is 12.7. The van der Waals surface area contributed by atoms with Gasteiger partial charge in [0.15, 0.2) is 0 Å². The Labute approximate surface area is 111 Å². The highest BCUT2D eigenvalue weighted by molar-refractivity contribution is 6.04. The Morgan fingerprint density at radius 3 is 2.67 bits per heavy atom. The van der Waals surface area contributed by atoms with Crippen molar-refractivity contribution in [3.05, 3.63) is 24.8 Å². The van der Waals surface area contributed by atoms with Crippen molar-refractivity contribution in [2.45, 2.75) is 51.9 Å². The van der Waals surface area contributed by atoms with Crippen molar-refractivity contribution in [3.63, 3.8) is 0 Å². The Balaban J connectivity index is 3.68. The van der Waals surface area contributed by atoms with Crippen LogP contribution in [0.1, 0.15) is 51.9 Å². The first-order valence-electron chi connectivity index (χ1n) is 6.61. The molecule has 0 aliphatic heterocycles.